The molecule has 3 aromatic carbocycles. The van der Waals surface area contributed by atoms with Gasteiger partial charge < -0.3 is 24.3 Å². The van der Waals surface area contributed by atoms with Crippen LogP contribution in [0.3, 0.4) is 0 Å². The van der Waals surface area contributed by atoms with Crippen molar-refractivity contribution in [1.82, 2.24) is 10.2 Å². The fourth-order valence-electron chi connectivity index (χ4n) is 7.59. The standard InChI is InChI=1S/C38H39Cl2N3O6/c1-23-6-4-5-7-32(23)43(37(45)49-38-22-42-15-14-28(38)29(38)21-42)20-24-8-10-25(11-9-24)36(44)48-34(17-27-30(39)18-41-19-31(27)40)26-12-13-33(46-2)35(16-26)47-3/h4-13,16,18,28-29,34,41H,14-15,17,19-22H2,1-3H3/t28?,29?,34-,38+/m0/s1. The zero-order chi connectivity index (χ0) is 34.3. The molecule has 9 nitrogen and oxygen atoms in total. The van der Waals surface area contributed by atoms with Gasteiger partial charge in [-0.15, -0.1) is 0 Å². The second kappa shape index (κ2) is 13.6. The van der Waals surface area contributed by atoms with Crippen LogP contribution in [0.5, 0.6) is 11.5 Å². The molecule has 0 radical (unpaired) electrons. The molecule has 11 heteroatoms. The van der Waals surface area contributed by atoms with E-state index >= 15 is 0 Å². The topological polar surface area (TPSA) is 89.6 Å². The number of hydrogen-bond donors (Lipinski definition) is 1. The lowest BCUT2D eigenvalue weighted by Crippen LogP contribution is -2.42. The highest BCUT2D eigenvalue weighted by Gasteiger charge is 2.74. The molecular weight excluding hydrogens is 665 g/mol. The average molecular weight is 705 g/mol. The summed E-state index contributed by atoms with van der Waals surface area (Å²) in [6.45, 7) is 5.61. The van der Waals surface area contributed by atoms with Crippen molar-refractivity contribution in [2.75, 3.05) is 45.3 Å². The van der Waals surface area contributed by atoms with Crippen LogP contribution in [0.25, 0.3) is 0 Å². The number of fused-ring (bicyclic) bond motifs is 1. The molecule has 3 unspecified atom stereocenters. The minimum absolute atomic E-state index is 0.254. The third kappa shape index (κ3) is 6.47. The lowest BCUT2D eigenvalue weighted by molar-refractivity contribution is 0.0297. The molecule has 5 atom stereocenters. The van der Waals surface area contributed by atoms with Crippen LogP contribution in [0.2, 0.25) is 0 Å². The zero-order valence-electron chi connectivity index (χ0n) is 27.7. The summed E-state index contributed by atoms with van der Waals surface area (Å²) in [4.78, 5) is 31.6. The number of carbonyl (C=O) groups is 2. The SMILES string of the molecule is COc1ccc([C@H](CC2=C(Cl)CNC=C2Cl)OC(=O)c2ccc(CN(C(=O)O[C@]34CN5CCC3C4C5)c3ccccc3C)cc2)cc1OC. The summed E-state index contributed by atoms with van der Waals surface area (Å²) in [5, 5.41) is 4.03. The number of amides is 1. The molecule has 1 amide bonds. The highest BCUT2D eigenvalue weighted by molar-refractivity contribution is 6.36. The van der Waals surface area contributed by atoms with Crippen molar-refractivity contribution in [3.8, 4) is 11.5 Å². The van der Waals surface area contributed by atoms with E-state index in [1.165, 1.54) is 0 Å². The highest BCUT2D eigenvalue weighted by Crippen LogP contribution is 2.63. The first-order valence-corrected chi connectivity index (χ1v) is 17.2. The Morgan fingerprint density at radius 1 is 1.02 bits per heavy atom. The molecule has 1 aliphatic carbocycles. The molecule has 4 heterocycles. The summed E-state index contributed by atoms with van der Waals surface area (Å²) in [6, 6.07) is 20.3. The second-order valence-corrected chi connectivity index (χ2v) is 14.0. The summed E-state index contributed by atoms with van der Waals surface area (Å²) < 4.78 is 23.4. The van der Waals surface area contributed by atoms with E-state index in [0.717, 1.165) is 42.9 Å². The monoisotopic (exact) mass is 703 g/mol. The quantitative estimate of drug-likeness (QED) is 0.208. The van der Waals surface area contributed by atoms with Crippen molar-refractivity contribution in [3.05, 3.63) is 111 Å². The third-order valence-electron chi connectivity index (χ3n) is 10.3. The zero-order valence-corrected chi connectivity index (χ0v) is 29.2. The van der Waals surface area contributed by atoms with Gasteiger partial charge in [0.25, 0.3) is 0 Å². The molecule has 1 saturated carbocycles. The Kier molecular flexibility index (Phi) is 9.26. The van der Waals surface area contributed by atoms with Crippen LogP contribution in [0.1, 0.15) is 46.0 Å². The number of para-hydroxylation sites is 1. The first kappa shape index (κ1) is 33.3. The fourth-order valence-corrected chi connectivity index (χ4v) is 8.16. The molecule has 49 heavy (non-hydrogen) atoms. The summed E-state index contributed by atoms with van der Waals surface area (Å²) in [5.74, 6) is 1.44. The Balaban J connectivity index is 1.10. The number of dihydropyridines is 1. The van der Waals surface area contributed by atoms with Gasteiger partial charge >= 0.3 is 12.1 Å². The van der Waals surface area contributed by atoms with E-state index < -0.39 is 12.1 Å². The average Bonchev–Trinajstić information content (AvgIpc) is 3.60. The first-order valence-electron chi connectivity index (χ1n) is 16.5. The van der Waals surface area contributed by atoms with E-state index in [0.29, 0.717) is 56.6 Å². The van der Waals surface area contributed by atoms with E-state index in [9.17, 15) is 9.59 Å². The van der Waals surface area contributed by atoms with Gasteiger partial charge in [-0.05, 0) is 72.5 Å². The van der Waals surface area contributed by atoms with Crippen LogP contribution in [0, 0.1) is 18.8 Å². The van der Waals surface area contributed by atoms with E-state index in [-0.39, 0.29) is 24.7 Å². The van der Waals surface area contributed by atoms with Crippen LogP contribution < -0.4 is 19.7 Å². The molecule has 0 aromatic heterocycles. The number of ether oxygens (including phenoxy) is 4. The summed E-state index contributed by atoms with van der Waals surface area (Å²) in [7, 11) is 3.11. The highest BCUT2D eigenvalue weighted by atomic mass is 35.5. The maximum atomic E-state index is 13.9. The second-order valence-electron chi connectivity index (χ2n) is 13.1. The Bertz CT molecular complexity index is 1820. The Hall–Kier alpha value is -4.18. The predicted molar refractivity (Wildman–Crippen MR) is 188 cm³/mol. The molecule has 0 spiro atoms. The van der Waals surface area contributed by atoms with Gasteiger partial charge in [0.05, 0.1) is 43.6 Å². The van der Waals surface area contributed by atoms with Crippen LogP contribution in [-0.4, -0.2) is 63.0 Å². The number of halogens is 2. The number of aryl methyl sites for hydroxylation is 1. The van der Waals surface area contributed by atoms with E-state index in [4.69, 9.17) is 42.1 Å². The number of benzene rings is 3. The van der Waals surface area contributed by atoms with Gasteiger partial charge in [-0.2, -0.15) is 0 Å². The number of hydrogen-bond acceptors (Lipinski definition) is 8. The smallest absolute Gasteiger partial charge is 0.415 e. The number of rotatable bonds is 11. The lowest BCUT2D eigenvalue weighted by atomic mass is 9.99. The van der Waals surface area contributed by atoms with Gasteiger partial charge in [0.15, 0.2) is 11.5 Å². The minimum atomic E-state index is -0.727. The van der Waals surface area contributed by atoms with Gasteiger partial charge in [-0.3, -0.25) is 9.80 Å². The molecule has 4 fully saturated rings. The number of methoxy groups -OCH3 is 2. The number of piperidine rings is 3. The van der Waals surface area contributed by atoms with E-state index in [1.54, 1.807) is 49.6 Å². The largest absolute Gasteiger partial charge is 0.493 e. The normalized spacial score (nSPS) is 23.9. The molecule has 5 aliphatic rings. The van der Waals surface area contributed by atoms with Crippen molar-refractivity contribution in [3.63, 3.8) is 0 Å². The van der Waals surface area contributed by atoms with Gasteiger partial charge in [0, 0.05) is 42.6 Å². The number of carbonyl (C=O) groups excluding carboxylic acids is 2. The molecule has 3 saturated heterocycles. The van der Waals surface area contributed by atoms with Crippen molar-refractivity contribution in [1.29, 1.82) is 0 Å². The predicted octanol–water partition coefficient (Wildman–Crippen LogP) is 7.32. The molecule has 4 aliphatic heterocycles. The van der Waals surface area contributed by atoms with E-state index in [2.05, 4.69) is 10.2 Å². The van der Waals surface area contributed by atoms with Crippen LogP contribution in [0.15, 0.2) is 88.6 Å². The maximum Gasteiger partial charge on any atom is 0.415 e. The summed E-state index contributed by atoms with van der Waals surface area (Å²) in [6.07, 6.45) is 1.95. The lowest BCUT2D eigenvalue weighted by Gasteiger charge is -2.31. The first-order chi connectivity index (χ1) is 23.7. The Labute approximate surface area is 296 Å². The van der Waals surface area contributed by atoms with Crippen LogP contribution >= 0.6 is 23.2 Å². The maximum absolute atomic E-state index is 13.9. The molecule has 4 bridgehead atoms. The van der Waals surface area contributed by atoms with Gasteiger partial charge in [-0.1, -0.05) is 59.6 Å². The van der Waals surface area contributed by atoms with E-state index in [1.807, 2.05) is 49.4 Å². The van der Waals surface area contributed by atoms with Gasteiger partial charge in [-0.25, -0.2) is 9.59 Å². The van der Waals surface area contributed by atoms with Crippen LogP contribution in [-0.2, 0) is 16.0 Å². The molecule has 256 valence electrons. The minimum Gasteiger partial charge on any atom is -0.493 e. The summed E-state index contributed by atoms with van der Waals surface area (Å²) >= 11 is 13.1. The van der Waals surface area contributed by atoms with Crippen molar-refractivity contribution in [2.45, 2.75) is 38.0 Å². The molecule has 1 N–H and O–H groups in total. The van der Waals surface area contributed by atoms with Gasteiger partial charge in [0.2, 0.25) is 0 Å². The van der Waals surface area contributed by atoms with Crippen molar-refractivity contribution < 1.29 is 28.5 Å². The van der Waals surface area contributed by atoms with Crippen molar-refractivity contribution in [2.24, 2.45) is 11.8 Å². The molecule has 3 aromatic rings. The summed E-state index contributed by atoms with van der Waals surface area (Å²) in [5.41, 5.74) is 4.00. The number of nitrogens with one attached hydrogen (secondary N) is 1. The Morgan fingerprint density at radius 3 is 2.45 bits per heavy atom. The number of allylic oxidation sites excluding steroid dienone is 1. The number of nitrogens with zero attached hydrogens (tertiary/aromatic N) is 2. The third-order valence-corrected chi connectivity index (χ3v) is 11.0. The number of esters is 1. The number of anilines is 1. The molecular formula is C38H39Cl2N3O6. The fraction of sp³-hybridized carbons (Fsp3) is 0.368. The van der Waals surface area contributed by atoms with Gasteiger partial charge in [0.1, 0.15) is 11.7 Å². The van der Waals surface area contributed by atoms with Crippen molar-refractivity contribution >= 4 is 41.0 Å². The molecule has 8 rings (SSSR count). The van der Waals surface area contributed by atoms with Crippen LogP contribution in [0.4, 0.5) is 10.5 Å². The Morgan fingerprint density at radius 2 is 1.80 bits per heavy atom.